The molecule has 1 aliphatic carbocycles. The van der Waals surface area contributed by atoms with Gasteiger partial charge in [0.1, 0.15) is 5.82 Å². The number of hydrogen-bond acceptors (Lipinski definition) is 2. The van der Waals surface area contributed by atoms with E-state index in [4.69, 9.17) is 11.6 Å². The lowest BCUT2D eigenvalue weighted by Crippen LogP contribution is -2.16. The zero-order valence-corrected chi connectivity index (χ0v) is 15.0. The molecule has 1 fully saturated rings. The lowest BCUT2D eigenvalue weighted by Gasteiger charge is -2.11. The molecule has 0 aromatic heterocycles. The average molecular weight is 375 g/mol. The van der Waals surface area contributed by atoms with E-state index < -0.39 is 5.82 Å². The number of halogens is 2. The lowest BCUT2D eigenvalue weighted by molar-refractivity contribution is -0.117. The highest BCUT2D eigenvalue weighted by molar-refractivity contribution is 6.31. The number of carbonyl (C=O) groups is 2. The first-order chi connectivity index (χ1) is 12.5. The Morgan fingerprint density at radius 2 is 1.77 bits per heavy atom. The van der Waals surface area contributed by atoms with Crippen molar-refractivity contribution >= 4 is 34.8 Å². The van der Waals surface area contributed by atoms with Crippen molar-refractivity contribution in [2.45, 2.75) is 32.1 Å². The van der Waals surface area contributed by atoms with Gasteiger partial charge in [0.15, 0.2) is 0 Å². The van der Waals surface area contributed by atoms with Crippen LogP contribution in [-0.2, 0) is 4.79 Å². The van der Waals surface area contributed by atoms with E-state index in [1.807, 2.05) is 0 Å². The van der Waals surface area contributed by atoms with Crippen LogP contribution in [-0.4, -0.2) is 11.8 Å². The largest absolute Gasteiger partial charge is 0.326 e. The number of rotatable bonds is 5. The minimum absolute atomic E-state index is 0.0280. The molecule has 1 saturated carbocycles. The summed E-state index contributed by atoms with van der Waals surface area (Å²) in [6, 6.07) is 10.7. The van der Waals surface area contributed by atoms with Crippen LogP contribution in [0.5, 0.6) is 0 Å². The van der Waals surface area contributed by atoms with Crippen molar-refractivity contribution in [3.63, 3.8) is 0 Å². The molecule has 2 amide bonds. The predicted octanol–water partition coefficient (Wildman–Crippen LogP) is 5.25. The van der Waals surface area contributed by atoms with Gasteiger partial charge in [0.25, 0.3) is 5.91 Å². The first-order valence-electron chi connectivity index (χ1n) is 8.67. The van der Waals surface area contributed by atoms with Crippen molar-refractivity contribution in [2.24, 2.45) is 5.92 Å². The van der Waals surface area contributed by atoms with E-state index in [1.54, 1.807) is 24.3 Å². The van der Waals surface area contributed by atoms with Gasteiger partial charge >= 0.3 is 0 Å². The zero-order chi connectivity index (χ0) is 18.5. The Morgan fingerprint density at radius 1 is 1.04 bits per heavy atom. The van der Waals surface area contributed by atoms with Crippen molar-refractivity contribution in [2.75, 3.05) is 10.6 Å². The fourth-order valence-electron chi connectivity index (χ4n) is 3.20. The standard InChI is InChI=1S/C20H20ClFN2O2/c21-17-12-16(8-9-18(17)22)24-20(26)14-6-3-7-15(11-14)23-19(25)10-13-4-1-2-5-13/h3,6-9,11-13H,1-2,4-5,10H2,(H,23,25)(H,24,26). The maximum absolute atomic E-state index is 13.2. The van der Waals surface area contributed by atoms with Gasteiger partial charge in [0, 0.05) is 23.4 Å². The molecule has 0 bridgehead atoms. The van der Waals surface area contributed by atoms with Crippen LogP contribution in [0.25, 0.3) is 0 Å². The first-order valence-corrected chi connectivity index (χ1v) is 9.05. The van der Waals surface area contributed by atoms with Gasteiger partial charge in [-0.25, -0.2) is 4.39 Å². The molecule has 0 saturated heterocycles. The van der Waals surface area contributed by atoms with Crippen LogP contribution in [0.2, 0.25) is 5.02 Å². The first kappa shape index (κ1) is 18.4. The third-order valence-electron chi connectivity index (χ3n) is 4.53. The Balaban J connectivity index is 1.63. The van der Waals surface area contributed by atoms with Crippen LogP contribution < -0.4 is 10.6 Å². The van der Waals surface area contributed by atoms with E-state index in [1.165, 1.54) is 31.0 Å². The number of anilines is 2. The summed E-state index contributed by atoms with van der Waals surface area (Å²) in [7, 11) is 0. The van der Waals surface area contributed by atoms with E-state index in [-0.39, 0.29) is 16.8 Å². The van der Waals surface area contributed by atoms with Gasteiger partial charge in [-0.3, -0.25) is 9.59 Å². The smallest absolute Gasteiger partial charge is 0.255 e. The molecule has 1 aliphatic rings. The number of carbonyl (C=O) groups excluding carboxylic acids is 2. The molecule has 6 heteroatoms. The second-order valence-electron chi connectivity index (χ2n) is 6.57. The molecule has 0 spiro atoms. The van der Waals surface area contributed by atoms with Gasteiger partial charge in [0.05, 0.1) is 5.02 Å². The fraction of sp³-hybridized carbons (Fsp3) is 0.300. The van der Waals surface area contributed by atoms with Crippen LogP contribution in [0.3, 0.4) is 0 Å². The number of amides is 2. The van der Waals surface area contributed by atoms with E-state index >= 15 is 0 Å². The number of hydrogen-bond donors (Lipinski definition) is 2. The van der Waals surface area contributed by atoms with Gasteiger partial charge in [-0.05, 0) is 55.2 Å². The quantitative estimate of drug-likeness (QED) is 0.750. The van der Waals surface area contributed by atoms with Crippen molar-refractivity contribution in [3.8, 4) is 0 Å². The third kappa shape index (κ3) is 4.82. The summed E-state index contributed by atoms with van der Waals surface area (Å²) in [5.74, 6) is -0.472. The predicted molar refractivity (Wildman–Crippen MR) is 101 cm³/mol. The van der Waals surface area contributed by atoms with E-state index in [9.17, 15) is 14.0 Å². The topological polar surface area (TPSA) is 58.2 Å². The van der Waals surface area contributed by atoms with Gasteiger partial charge in [0.2, 0.25) is 5.91 Å². The molecule has 136 valence electrons. The second kappa shape index (κ2) is 8.32. The lowest BCUT2D eigenvalue weighted by atomic mass is 10.0. The van der Waals surface area contributed by atoms with Crippen molar-refractivity contribution < 1.29 is 14.0 Å². The van der Waals surface area contributed by atoms with Crippen LogP contribution in [0.15, 0.2) is 42.5 Å². The maximum atomic E-state index is 13.2. The van der Waals surface area contributed by atoms with Crippen LogP contribution in [0, 0.1) is 11.7 Å². The van der Waals surface area contributed by atoms with Gasteiger partial charge in [-0.2, -0.15) is 0 Å². The summed E-state index contributed by atoms with van der Waals surface area (Å²) in [6.45, 7) is 0. The SMILES string of the molecule is O=C(CC1CCCC1)Nc1cccc(C(=O)Nc2ccc(F)c(Cl)c2)c1. The molecule has 0 aliphatic heterocycles. The average Bonchev–Trinajstić information content (AvgIpc) is 3.11. The van der Waals surface area contributed by atoms with Crippen molar-refractivity contribution in [1.82, 2.24) is 0 Å². The van der Waals surface area contributed by atoms with Crippen LogP contribution in [0.4, 0.5) is 15.8 Å². The minimum Gasteiger partial charge on any atom is -0.326 e. The Kier molecular flexibility index (Phi) is 5.89. The van der Waals surface area contributed by atoms with Gasteiger partial charge in [-0.15, -0.1) is 0 Å². The molecule has 2 aromatic carbocycles. The Labute approximate surface area is 156 Å². The molecule has 2 aromatic rings. The Hall–Kier alpha value is -2.40. The third-order valence-corrected chi connectivity index (χ3v) is 4.82. The minimum atomic E-state index is -0.545. The number of nitrogens with one attached hydrogen (secondary N) is 2. The molecule has 26 heavy (non-hydrogen) atoms. The summed E-state index contributed by atoms with van der Waals surface area (Å²) in [4.78, 5) is 24.5. The molecular formula is C20H20ClFN2O2. The highest BCUT2D eigenvalue weighted by Crippen LogP contribution is 2.28. The molecule has 0 radical (unpaired) electrons. The van der Waals surface area contributed by atoms with E-state index in [2.05, 4.69) is 10.6 Å². The molecule has 0 unspecified atom stereocenters. The summed E-state index contributed by atoms with van der Waals surface area (Å²) in [5.41, 5.74) is 1.37. The molecule has 3 rings (SSSR count). The van der Waals surface area contributed by atoms with Gasteiger partial charge in [-0.1, -0.05) is 30.5 Å². The van der Waals surface area contributed by atoms with E-state index in [0.717, 1.165) is 12.8 Å². The summed E-state index contributed by atoms with van der Waals surface area (Å²) in [6.07, 6.45) is 5.12. The second-order valence-corrected chi connectivity index (χ2v) is 6.97. The summed E-state index contributed by atoms with van der Waals surface area (Å²) < 4.78 is 13.2. The van der Waals surface area contributed by atoms with Crippen LogP contribution >= 0.6 is 11.6 Å². The summed E-state index contributed by atoms with van der Waals surface area (Å²) >= 11 is 5.72. The van der Waals surface area contributed by atoms with Crippen molar-refractivity contribution in [3.05, 3.63) is 58.9 Å². The molecule has 2 N–H and O–H groups in total. The highest BCUT2D eigenvalue weighted by Gasteiger charge is 2.18. The maximum Gasteiger partial charge on any atom is 0.255 e. The summed E-state index contributed by atoms with van der Waals surface area (Å²) in [5, 5.41) is 5.46. The Bertz CT molecular complexity index is 819. The molecule has 0 atom stereocenters. The number of benzene rings is 2. The highest BCUT2D eigenvalue weighted by atomic mass is 35.5. The monoisotopic (exact) mass is 374 g/mol. The Morgan fingerprint density at radius 3 is 2.50 bits per heavy atom. The van der Waals surface area contributed by atoms with Crippen molar-refractivity contribution in [1.29, 1.82) is 0 Å². The van der Waals surface area contributed by atoms with Gasteiger partial charge < -0.3 is 10.6 Å². The normalized spacial score (nSPS) is 14.2. The fourth-order valence-corrected chi connectivity index (χ4v) is 3.38. The van der Waals surface area contributed by atoms with E-state index in [0.29, 0.717) is 29.3 Å². The molecular weight excluding hydrogens is 355 g/mol. The van der Waals surface area contributed by atoms with Crippen LogP contribution in [0.1, 0.15) is 42.5 Å². The molecule has 4 nitrogen and oxygen atoms in total. The molecule has 0 heterocycles. The zero-order valence-electron chi connectivity index (χ0n) is 14.2.